The molecule has 158 valence electrons. The third-order valence-corrected chi connectivity index (χ3v) is 6.46. The Balaban J connectivity index is 1.51. The number of imidazole rings is 1. The zero-order chi connectivity index (χ0) is 21.7. The van der Waals surface area contributed by atoms with Crippen molar-refractivity contribution in [2.24, 2.45) is 0 Å². The van der Waals surface area contributed by atoms with Crippen molar-refractivity contribution in [1.82, 2.24) is 19.6 Å². The van der Waals surface area contributed by atoms with Crippen LogP contribution in [-0.4, -0.2) is 30.4 Å². The molecule has 0 aliphatic rings. The summed E-state index contributed by atoms with van der Waals surface area (Å²) in [4.78, 5) is 16.5. The highest BCUT2D eigenvalue weighted by Gasteiger charge is 2.17. The fourth-order valence-corrected chi connectivity index (χ4v) is 4.48. The fraction of sp³-hybridized carbons (Fsp3) is 0.273. The number of nitrogens with zero attached hydrogens (tertiary/aromatic N) is 2. The summed E-state index contributed by atoms with van der Waals surface area (Å²) in [5, 5.41) is 2.90. The molecule has 2 N–H and O–H groups in total. The van der Waals surface area contributed by atoms with Gasteiger partial charge in [0.15, 0.2) is 0 Å². The molecule has 0 spiro atoms. The summed E-state index contributed by atoms with van der Waals surface area (Å²) in [7, 11) is -3.65. The highest BCUT2D eigenvalue weighted by molar-refractivity contribution is 7.89. The van der Waals surface area contributed by atoms with E-state index < -0.39 is 10.0 Å². The first kappa shape index (κ1) is 21.7. The van der Waals surface area contributed by atoms with Crippen molar-refractivity contribution in [2.75, 3.05) is 6.54 Å². The molecule has 1 heterocycles. The zero-order valence-corrected chi connectivity index (χ0v) is 18.1. The normalized spacial score (nSPS) is 12.5. The van der Waals surface area contributed by atoms with Gasteiger partial charge in [0, 0.05) is 31.0 Å². The Labute approximate surface area is 177 Å². The fourth-order valence-electron chi connectivity index (χ4n) is 3.22. The van der Waals surface area contributed by atoms with E-state index in [2.05, 4.69) is 15.0 Å². The van der Waals surface area contributed by atoms with Crippen LogP contribution in [0.4, 0.5) is 0 Å². The Morgan fingerprint density at radius 1 is 1.13 bits per heavy atom. The molecule has 1 unspecified atom stereocenters. The number of nitrogens with one attached hydrogen (secondary N) is 2. The van der Waals surface area contributed by atoms with E-state index in [0.29, 0.717) is 5.56 Å². The van der Waals surface area contributed by atoms with Gasteiger partial charge in [-0.3, -0.25) is 4.79 Å². The summed E-state index contributed by atoms with van der Waals surface area (Å²) in [6, 6.07) is 12.8. The predicted octanol–water partition coefficient (Wildman–Crippen LogP) is 3.03. The largest absolute Gasteiger partial charge is 0.350 e. The van der Waals surface area contributed by atoms with E-state index in [1.807, 2.05) is 54.9 Å². The molecule has 1 aromatic heterocycles. The SMILES string of the molecule is Cc1ccc(S(=O)(=O)NCCC(=O)NC(C)c2ccc(-n3ccnc3)cc2)c(C)c1. The lowest BCUT2D eigenvalue weighted by Crippen LogP contribution is -2.32. The number of hydrogen-bond donors (Lipinski definition) is 2. The number of carbonyl (C=O) groups is 1. The summed E-state index contributed by atoms with van der Waals surface area (Å²) in [6.07, 6.45) is 5.35. The molecular weight excluding hydrogens is 400 g/mol. The highest BCUT2D eigenvalue weighted by atomic mass is 32.2. The average Bonchev–Trinajstić information content (AvgIpc) is 3.22. The second-order valence-electron chi connectivity index (χ2n) is 7.27. The third kappa shape index (κ3) is 5.34. The van der Waals surface area contributed by atoms with Crippen molar-refractivity contribution < 1.29 is 13.2 Å². The van der Waals surface area contributed by atoms with Gasteiger partial charge >= 0.3 is 0 Å². The van der Waals surface area contributed by atoms with Gasteiger partial charge in [-0.1, -0.05) is 29.8 Å². The van der Waals surface area contributed by atoms with Crippen LogP contribution in [0.2, 0.25) is 0 Å². The van der Waals surface area contributed by atoms with Gasteiger partial charge in [0.25, 0.3) is 0 Å². The zero-order valence-electron chi connectivity index (χ0n) is 17.3. The van der Waals surface area contributed by atoms with Crippen LogP contribution in [0.25, 0.3) is 5.69 Å². The number of carbonyl (C=O) groups excluding carboxylic acids is 1. The van der Waals surface area contributed by atoms with Gasteiger partial charge < -0.3 is 9.88 Å². The minimum absolute atomic E-state index is 0.0355. The molecule has 7 nitrogen and oxygen atoms in total. The van der Waals surface area contributed by atoms with Crippen molar-refractivity contribution in [2.45, 2.75) is 38.1 Å². The average molecular weight is 427 g/mol. The van der Waals surface area contributed by atoms with E-state index >= 15 is 0 Å². The summed E-state index contributed by atoms with van der Waals surface area (Å²) in [6.45, 7) is 5.60. The number of rotatable bonds is 8. The molecule has 2 aromatic carbocycles. The first-order valence-corrected chi connectivity index (χ1v) is 11.2. The van der Waals surface area contributed by atoms with Gasteiger partial charge in [0.05, 0.1) is 17.3 Å². The highest BCUT2D eigenvalue weighted by Crippen LogP contribution is 2.17. The van der Waals surface area contributed by atoms with E-state index in [4.69, 9.17) is 0 Å². The molecule has 0 saturated heterocycles. The van der Waals surface area contributed by atoms with E-state index in [-0.39, 0.29) is 29.8 Å². The quantitative estimate of drug-likeness (QED) is 0.579. The standard InChI is InChI=1S/C22H26N4O3S/c1-16-4-9-21(17(2)14-16)30(28,29)24-11-10-22(27)25-18(3)19-5-7-20(8-6-19)26-13-12-23-15-26/h4-9,12-15,18,24H,10-11H2,1-3H3,(H,25,27). The van der Waals surface area contributed by atoms with Gasteiger partial charge in [0.2, 0.25) is 15.9 Å². The maximum Gasteiger partial charge on any atom is 0.240 e. The number of sulfonamides is 1. The van der Waals surface area contributed by atoms with Gasteiger partial charge in [-0.2, -0.15) is 0 Å². The van der Waals surface area contributed by atoms with Crippen LogP contribution in [0.5, 0.6) is 0 Å². The van der Waals surface area contributed by atoms with Crippen molar-refractivity contribution >= 4 is 15.9 Å². The second kappa shape index (κ2) is 9.23. The molecule has 0 radical (unpaired) electrons. The van der Waals surface area contributed by atoms with Gasteiger partial charge in [-0.05, 0) is 50.1 Å². The summed E-state index contributed by atoms with van der Waals surface area (Å²) >= 11 is 0. The van der Waals surface area contributed by atoms with Gasteiger partial charge in [-0.15, -0.1) is 0 Å². The number of benzene rings is 2. The molecule has 0 aliphatic carbocycles. The van der Waals surface area contributed by atoms with E-state index in [1.165, 1.54) is 0 Å². The van der Waals surface area contributed by atoms with Crippen molar-refractivity contribution in [3.8, 4) is 5.69 Å². The molecular formula is C22H26N4O3S. The second-order valence-corrected chi connectivity index (χ2v) is 9.00. The molecule has 0 fully saturated rings. The first-order valence-electron chi connectivity index (χ1n) is 9.71. The monoisotopic (exact) mass is 426 g/mol. The van der Waals surface area contributed by atoms with Crippen molar-refractivity contribution in [1.29, 1.82) is 0 Å². The molecule has 8 heteroatoms. The number of amides is 1. The summed E-state index contributed by atoms with van der Waals surface area (Å²) in [5.41, 5.74) is 3.62. The van der Waals surface area contributed by atoms with Crippen LogP contribution in [0.3, 0.4) is 0 Å². The topological polar surface area (TPSA) is 93.1 Å². The van der Waals surface area contributed by atoms with Gasteiger partial charge in [0.1, 0.15) is 0 Å². The smallest absolute Gasteiger partial charge is 0.240 e. The van der Waals surface area contributed by atoms with E-state index in [9.17, 15) is 13.2 Å². The minimum atomic E-state index is -3.65. The van der Waals surface area contributed by atoms with Crippen LogP contribution in [0.1, 0.15) is 36.1 Å². The molecule has 30 heavy (non-hydrogen) atoms. The number of aromatic nitrogens is 2. The Morgan fingerprint density at radius 3 is 2.50 bits per heavy atom. The van der Waals surface area contributed by atoms with Crippen molar-refractivity contribution in [3.63, 3.8) is 0 Å². The Bertz CT molecular complexity index is 1110. The Morgan fingerprint density at radius 2 is 1.87 bits per heavy atom. The minimum Gasteiger partial charge on any atom is -0.350 e. The number of aryl methyl sites for hydroxylation is 2. The lowest BCUT2D eigenvalue weighted by Gasteiger charge is -2.15. The van der Waals surface area contributed by atoms with E-state index in [0.717, 1.165) is 16.8 Å². The lowest BCUT2D eigenvalue weighted by molar-refractivity contribution is -0.121. The molecule has 1 atom stereocenters. The molecule has 1 amide bonds. The van der Waals surface area contributed by atoms with Crippen LogP contribution >= 0.6 is 0 Å². The Hall–Kier alpha value is -2.97. The molecule has 3 aromatic rings. The molecule has 0 aliphatic heterocycles. The number of hydrogen-bond acceptors (Lipinski definition) is 4. The summed E-state index contributed by atoms with van der Waals surface area (Å²) in [5.74, 6) is -0.218. The van der Waals surface area contributed by atoms with Crippen LogP contribution in [-0.2, 0) is 14.8 Å². The molecule has 0 bridgehead atoms. The van der Waals surface area contributed by atoms with Crippen molar-refractivity contribution in [3.05, 3.63) is 77.9 Å². The van der Waals surface area contributed by atoms with Crippen LogP contribution < -0.4 is 10.0 Å². The maximum atomic E-state index is 12.5. The maximum absolute atomic E-state index is 12.5. The van der Waals surface area contributed by atoms with Crippen LogP contribution in [0.15, 0.2) is 66.1 Å². The predicted molar refractivity (Wildman–Crippen MR) is 116 cm³/mol. The lowest BCUT2D eigenvalue weighted by atomic mass is 10.1. The van der Waals surface area contributed by atoms with Gasteiger partial charge in [-0.25, -0.2) is 18.1 Å². The summed E-state index contributed by atoms with van der Waals surface area (Å²) < 4.78 is 29.3. The van der Waals surface area contributed by atoms with Crippen LogP contribution in [0, 0.1) is 13.8 Å². The Kier molecular flexibility index (Phi) is 6.69. The van der Waals surface area contributed by atoms with E-state index in [1.54, 1.807) is 31.6 Å². The third-order valence-electron chi connectivity index (χ3n) is 4.84. The first-order chi connectivity index (χ1) is 14.3. The molecule has 0 saturated carbocycles. The molecule has 3 rings (SSSR count).